The van der Waals surface area contributed by atoms with Gasteiger partial charge in [-0.15, -0.1) is 5.56 Å². The average molecular weight is 104 g/mol. The summed E-state index contributed by atoms with van der Waals surface area (Å²) in [7, 11) is 0. The number of hydrogen-bond acceptors (Lipinski definition) is 1. The first-order valence-corrected chi connectivity index (χ1v) is 2.51. The molecule has 0 saturated carbocycles. The summed E-state index contributed by atoms with van der Waals surface area (Å²) >= 11 is 0. The van der Waals surface area contributed by atoms with E-state index in [9.17, 15) is 0 Å². The normalized spacial score (nSPS) is 8.38. The summed E-state index contributed by atoms with van der Waals surface area (Å²) in [5.74, 6) is 0. The molecule has 1 heteroatoms. The third-order valence-electron chi connectivity index (χ3n) is 1.01. The maximum Gasteiger partial charge on any atom is 0.0542 e. The van der Waals surface area contributed by atoms with Crippen molar-refractivity contribution in [2.75, 3.05) is 0 Å². The van der Waals surface area contributed by atoms with Gasteiger partial charge in [-0.05, 0) is 0 Å². The lowest BCUT2D eigenvalue weighted by atomic mass is 10.3. The Labute approximate surface area is 48.5 Å². The minimum absolute atomic E-state index is 0.535. The van der Waals surface area contributed by atoms with Crippen LogP contribution in [-0.2, 0) is 6.42 Å². The van der Waals surface area contributed by atoms with Gasteiger partial charge < -0.3 is 0 Å². The molecule has 0 aliphatic rings. The predicted octanol–water partition coefficient (Wildman–Crippen LogP) is 1.47. The fourth-order valence-corrected chi connectivity index (χ4v) is 0.623. The van der Waals surface area contributed by atoms with E-state index in [1.54, 1.807) is 0 Å². The first-order valence-electron chi connectivity index (χ1n) is 2.51. The van der Waals surface area contributed by atoms with Gasteiger partial charge in [0.15, 0.2) is 0 Å². The SMILES string of the molecule is N#CC[c-]1cccc1. The molecular formula is C7H6N-. The largest absolute Gasteiger partial charge is 0.213 e. The Kier molecular flexibility index (Phi) is 1.39. The zero-order valence-electron chi connectivity index (χ0n) is 4.46. The first-order chi connectivity index (χ1) is 3.93. The van der Waals surface area contributed by atoms with Gasteiger partial charge in [0.25, 0.3) is 0 Å². The van der Waals surface area contributed by atoms with E-state index in [4.69, 9.17) is 5.26 Å². The van der Waals surface area contributed by atoms with Crippen LogP contribution in [0.2, 0.25) is 0 Å². The third kappa shape index (κ3) is 0.913. The highest BCUT2D eigenvalue weighted by atomic mass is 14.2. The summed E-state index contributed by atoms with van der Waals surface area (Å²) in [6.45, 7) is 0. The molecular weight excluding hydrogens is 98.1 g/mol. The van der Waals surface area contributed by atoms with E-state index in [2.05, 4.69) is 6.07 Å². The van der Waals surface area contributed by atoms with Crippen molar-refractivity contribution < 1.29 is 0 Å². The number of nitriles is 1. The number of nitrogens with zero attached hydrogens (tertiary/aromatic N) is 1. The second-order valence-electron chi connectivity index (χ2n) is 1.63. The molecule has 0 aliphatic heterocycles. The summed E-state index contributed by atoms with van der Waals surface area (Å²) in [5.41, 5.74) is 1.10. The van der Waals surface area contributed by atoms with E-state index in [0.717, 1.165) is 5.56 Å². The molecule has 0 heterocycles. The van der Waals surface area contributed by atoms with Crippen molar-refractivity contribution in [2.45, 2.75) is 6.42 Å². The van der Waals surface area contributed by atoms with E-state index in [0.29, 0.717) is 6.42 Å². The number of hydrogen-bond donors (Lipinski definition) is 0. The molecule has 0 unspecified atom stereocenters. The van der Waals surface area contributed by atoms with Gasteiger partial charge in [-0.1, -0.05) is 0 Å². The van der Waals surface area contributed by atoms with Crippen LogP contribution in [0.4, 0.5) is 0 Å². The van der Waals surface area contributed by atoms with E-state index in [1.165, 1.54) is 0 Å². The maximum atomic E-state index is 8.19. The summed E-state index contributed by atoms with van der Waals surface area (Å²) in [5, 5.41) is 8.19. The van der Waals surface area contributed by atoms with Gasteiger partial charge in [0.1, 0.15) is 0 Å². The Morgan fingerprint density at radius 3 is 2.50 bits per heavy atom. The van der Waals surface area contributed by atoms with Crippen LogP contribution in [-0.4, -0.2) is 0 Å². The van der Waals surface area contributed by atoms with Gasteiger partial charge in [0.2, 0.25) is 0 Å². The second-order valence-corrected chi connectivity index (χ2v) is 1.63. The zero-order valence-corrected chi connectivity index (χ0v) is 4.46. The predicted molar refractivity (Wildman–Crippen MR) is 31.4 cm³/mol. The maximum absolute atomic E-state index is 8.19. The van der Waals surface area contributed by atoms with Crippen LogP contribution in [0.1, 0.15) is 5.56 Å². The minimum Gasteiger partial charge on any atom is -0.213 e. The van der Waals surface area contributed by atoms with Crippen LogP contribution < -0.4 is 0 Å². The second kappa shape index (κ2) is 2.23. The quantitative estimate of drug-likeness (QED) is 0.495. The molecule has 0 aromatic heterocycles. The molecule has 8 heavy (non-hydrogen) atoms. The van der Waals surface area contributed by atoms with Crippen LogP contribution >= 0.6 is 0 Å². The third-order valence-corrected chi connectivity index (χ3v) is 1.01. The highest BCUT2D eigenvalue weighted by Gasteiger charge is 1.76. The van der Waals surface area contributed by atoms with Gasteiger partial charge in [0, 0.05) is 6.42 Å². The molecule has 0 saturated heterocycles. The van der Waals surface area contributed by atoms with E-state index < -0.39 is 0 Å². The van der Waals surface area contributed by atoms with Gasteiger partial charge >= 0.3 is 0 Å². The van der Waals surface area contributed by atoms with Crippen LogP contribution in [0.3, 0.4) is 0 Å². The van der Waals surface area contributed by atoms with Crippen molar-refractivity contribution in [1.82, 2.24) is 0 Å². The fourth-order valence-electron chi connectivity index (χ4n) is 0.623. The molecule has 0 aliphatic carbocycles. The standard InChI is InChI=1S/C7H6N/c8-6-5-7-3-1-2-4-7/h1-4H,5H2/q-1. The Bertz CT molecular complexity index is 179. The molecule has 0 bridgehead atoms. The lowest BCUT2D eigenvalue weighted by molar-refractivity contribution is 1.28. The smallest absolute Gasteiger partial charge is 0.0542 e. The van der Waals surface area contributed by atoms with Gasteiger partial charge in [-0.3, -0.25) is 0 Å². The van der Waals surface area contributed by atoms with Gasteiger partial charge in [-0.2, -0.15) is 17.4 Å². The molecule has 0 atom stereocenters. The van der Waals surface area contributed by atoms with Crippen LogP contribution in [0, 0.1) is 11.3 Å². The summed E-state index contributed by atoms with van der Waals surface area (Å²) in [6, 6.07) is 9.84. The van der Waals surface area contributed by atoms with Crippen molar-refractivity contribution >= 4 is 0 Å². The van der Waals surface area contributed by atoms with Crippen LogP contribution in [0.5, 0.6) is 0 Å². The topological polar surface area (TPSA) is 23.8 Å². The molecule has 1 rings (SSSR count). The molecule has 1 aromatic rings. The zero-order chi connectivity index (χ0) is 5.82. The molecule has 0 fully saturated rings. The van der Waals surface area contributed by atoms with Crippen molar-refractivity contribution in [3.63, 3.8) is 0 Å². The van der Waals surface area contributed by atoms with E-state index in [-0.39, 0.29) is 0 Å². The Morgan fingerprint density at radius 2 is 2.00 bits per heavy atom. The summed E-state index contributed by atoms with van der Waals surface area (Å²) in [4.78, 5) is 0. The van der Waals surface area contributed by atoms with Crippen molar-refractivity contribution in [3.05, 3.63) is 29.8 Å². The Hall–Kier alpha value is -1.16. The summed E-state index contributed by atoms with van der Waals surface area (Å²) < 4.78 is 0. The lowest BCUT2D eigenvalue weighted by Gasteiger charge is -1.86. The molecule has 0 N–H and O–H groups in total. The first kappa shape index (κ1) is 4.99. The average Bonchev–Trinajstić information content (AvgIpc) is 2.19. The van der Waals surface area contributed by atoms with Gasteiger partial charge in [0.05, 0.1) is 6.07 Å². The Morgan fingerprint density at radius 1 is 1.38 bits per heavy atom. The van der Waals surface area contributed by atoms with Crippen LogP contribution in [0.15, 0.2) is 24.3 Å². The highest BCUT2D eigenvalue weighted by molar-refractivity contribution is 5.19. The molecule has 0 amide bonds. The molecule has 0 radical (unpaired) electrons. The monoisotopic (exact) mass is 104 g/mol. The fraction of sp³-hybridized carbons (Fsp3) is 0.143. The molecule has 1 aromatic carbocycles. The Balaban J connectivity index is 2.67. The minimum atomic E-state index is 0.535. The van der Waals surface area contributed by atoms with Crippen LogP contribution in [0.25, 0.3) is 0 Å². The molecule has 1 nitrogen and oxygen atoms in total. The lowest BCUT2D eigenvalue weighted by Crippen LogP contribution is -1.70. The van der Waals surface area contributed by atoms with Crippen molar-refractivity contribution in [2.24, 2.45) is 0 Å². The van der Waals surface area contributed by atoms with E-state index >= 15 is 0 Å². The highest BCUT2D eigenvalue weighted by Crippen LogP contribution is 1.98. The van der Waals surface area contributed by atoms with Gasteiger partial charge in [-0.25, -0.2) is 12.1 Å². The molecule has 40 valence electrons. The number of rotatable bonds is 1. The molecule has 0 spiro atoms. The summed E-state index contributed by atoms with van der Waals surface area (Å²) in [6.07, 6.45) is 0.535. The van der Waals surface area contributed by atoms with Crippen molar-refractivity contribution in [1.29, 1.82) is 5.26 Å². The van der Waals surface area contributed by atoms with Crippen molar-refractivity contribution in [3.8, 4) is 6.07 Å². The van der Waals surface area contributed by atoms with E-state index in [1.807, 2.05) is 24.3 Å².